The normalized spacial score (nSPS) is 17.7. The van der Waals surface area contributed by atoms with Gasteiger partial charge in [-0.3, -0.25) is 9.78 Å². The molecule has 5 rings (SSSR count). The first-order valence-corrected chi connectivity index (χ1v) is 12.2. The number of phenolic OH excluding ortho intramolecular Hbond substituents is 1. The van der Waals surface area contributed by atoms with Crippen LogP contribution >= 0.6 is 15.9 Å². The number of morpholine rings is 1. The molecule has 1 amide bonds. The highest BCUT2D eigenvalue weighted by atomic mass is 79.9. The zero-order valence-corrected chi connectivity index (χ0v) is 20.4. The van der Waals surface area contributed by atoms with Crippen molar-refractivity contribution in [1.29, 1.82) is 0 Å². The first kappa shape index (κ1) is 22.6. The summed E-state index contributed by atoms with van der Waals surface area (Å²) in [5.41, 5.74) is 5.18. The minimum absolute atomic E-state index is 0.0802. The highest BCUT2D eigenvalue weighted by Crippen LogP contribution is 2.43. The lowest BCUT2D eigenvalue weighted by atomic mass is 9.99. The summed E-state index contributed by atoms with van der Waals surface area (Å²) in [6.45, 7) is 7.05. The molecular weight excluding hydrogens is 494 g/mol. The van der Waals surface area contributed by atoms with Crippen LogP contribution in [0.15, 0.2) is 71.7 Å². The maximum Gasteiger partial charge on any atom is 0.257 e. The van der Waals surface area contributed by atoms with Crippen LogP contribution in [0.2, 0.25) is 0 Å². The van der Waals surface area contributed by atoms with E-state index in [0.717, 1.165) is 40.1 Å². The number of phenols is 1. The van der Waals surface area contributed by atoms with Gasteiger partial charge in [0.15, 0.2) is 0 Å². The van der Waals surface area contributed by atoms with Crippen LogP contribution < -0.4 is 4.90 Å². The Bertz CT molecular complexity index is 1230. The van der Waals surface area contributed by atoms with Gasteiger partial charge in [-0.15, -0.1) is 6.58 Å². The molecule has 1 saturated heterocycles. The van der Waals surface area contributed by atoms with E-state index in [2.05, 4.69) is 39.5 Å². The average molecular weight is 520 g/mol. The smallest absolute Gasteiger partial charge is 0.257 e. The van der Waals surface area contributed by atoms with Gasteiger partial charge in [-0.05, 0) is 35.4 Å². The molecule has 0 spiro atoms. The van der Waals surface area contributed by atoms with Crippen molar-refractivity contribution in [3.8, 4) is 5.75 Å². The molecule has 6 nitrogen and oxygen atoms in total. The largest absolute Gasteiger partial charge is 0.508 e. The Morgan fingerprint density at radius 3 is 2.65 bits per heavy atom. The Morgan fingerprint density at radius 2 is 1.91 bits per heavy atom. The number of ether oxygens (including phenoxy) is 1. The van der Waals surface area contributed by atoms with E-state index in [9.17, 15) is 9.90 Å². The molecule has 174 valence electrons. The fourth-order valence-electron chi connectivity index (χ4n) is 4.74. The molecule has 1 unspecified atom stereocenters. The molecule has 1 N–H and O–H groups in total. The lowest BCUT2D eigenvalue weighted by Gasteiger charge is -2.31. The standard InChI is InChI=1S/C27H26BrN3O3/c1-2-10-31-26(20-16-19(32)8-9-22(20)28)25-21(27(31)33)17-24(30-11-13-34-14-12-30)23(29-25)15-18-6-4-3-5-7-18/h2-9,16-17,26,32H,1,10-15H2. The molecule has 3 aromatic rings. The number of aromatic nitrogens is 1. The van der Waals surface area contributed by atoms with Crippen LogP contribution in [0.1, 0.15) is 38.9 Å². The van der Waals surface area contributed by atoms with Gasteiger partial charge < -0.3 is 19.6 Å². The maximum absolute atomic E-state index is 13.6. The highest BCUT2D eigenvalue weighted by molar-refractivity contribution is 9.10. The summed E-state index contributed by atoms with van der Waals surface area (Å²) in [6, 6.07) is 16.9. The Kier molecular flexibility index (Phi) is 6.39. The lowest BCUT2D eigenvalue weighted by Crippen LogP contribution is -2.37. The predicted molar refractivity (Wildman–Crippen MR) is 135 cm³/mol. The average Bonchev–Trinajstić information content (AvgIpc) is 3.12. The molecule has 0 saturated carbocycles. The molecule has 1 aromatic heterocycles. The van der Waals surface area contributed by atoms with E-state index in [1.807, 2.05) is 24.3 Å². The topological polar surface area (TPSA) is 65.9 Å². The summed E-state index contributed by atoms with van der Waals surface area (Å²) in [6.07, 6.45) is 2.38. The second-order valence-electron chi connectivity index (χ2n) is 8.50. The third kappa shape index (κ3) is 4.21. The van der Waals surface area contributed by atoms with Crippen molar-refractivity contribution < 1.29 is 14.6 Å². The van der Waals surface area contributed by atoms with Crippen molar-refractivity contribution in [1.82, 2.24) is 9.88 Å². The minimum Gasteiger partial charge on any atom is -0.508 e. The second-order valence-corrected chi connectivity index (χ2v) is 9.36. The number of benzene rings is 2. The van der Waals surface area contributed by atoms with Crippen LogP contribution in [0, 0.1) is 0 Å². The Hall–Kier alpha value is -3.16. The molecule has 0 radical (unpaired) electrons. The van der Waals surface area contributed by atoms with E-state index in [1.54, 1.807) is 29.2 Å². The fourth-order valence-corrected chi connectivity index (χ4v) is 5.20. The number of carbonyl (C=O) groups excluding carboxylic acids is 1. The molecule has 0 aliphatic carbocycles. The third-order valence-corrected chi connectivity index (χ3v) is 7.06. The number of amides is 1. The van der Waals surface area contributed by atoms with Crippen molar-refractivity contribution in [3.05, 3.63) is 99.8 Å². The molecule has 2 aliphatic rings. The number of hydrogen-bond donors (Lipinski definition) is 1. The molecule has 2 aromatic carbocycles. The lowest BCUT2D eigenvalue weighted by molar-refractivity contribution is 0.0769. The van der Waals surface area contributed by atoms with Crippen molar-refractivity contribution in [2.24, 2.45) is 0 Å². The summed E-state index contributed by atoms with van der Waals surface area (Å²) in [5.74, 6) is 0.0653. The van der Waals surface area contributed by atoms with Gasteiger partial charge in [0, 0.05) is 30.5 Å². The van der Waals surface area contributed by atoms with Crippen LogP contribution in [0.25, 0.3) is 0 Å². The van der Waals surface area contributed by atoms with Crippen molar-refractivity contribution >= 4 is 27.5 Å². The van der Waals surface area contributed by atoms with Gasteiger partial charge in [0.25, 0.3) is 5.91 Å². The van der Waals surface area contributed by atoms with Crippen molar-refractivity contribution in [3.63, 3.8) is 0 Å². The van der Waals surface area contributed by atoms with Gasteiger partial charge in [0.2, 0.25) is 0 Å². The van der Waals surface area contributed by atoms with Gasteiger partial charge in [0.1, 0.15) is 11.8 Å². The third-order valence-electron chi connectivity index (χ3n) is 6.34. The summed E-state index contributed by atoms with van der Waals surface area (Å²) in [5, 5.41) is 10.2. The van der Waals surface area contributed by atoms with Crippen LogP contribution in [0.3, 0.4) is 0 Å². The molecule has 3 heterocycles. The van der Waals surface area contributed by atoms with Gasteiger partial charge in [-0.25, -0.2) is 0 Å². The van der Waals surface area contributed by atoms with Gasteiger partial charge in [-0.2, -0.15) is 0 Å². The van der Waals surface area contributed by atoms with E-state index < -0.39 is 6.04 Å². The van der Waals surface area contributed by atoms with Crippen LogP contribution in [-0.2, 0) is 11.2 Å². The van der Waals surface area contributed by atoms with Crippen LogP contribution in [0.4, 0.5) is 5.69 Å². The number of pyridine rings is 1. The number of aromatic hydroxyl groups is 1. The van der Waals surface area contributed by atoms with E-state index in [1.165, 1.54) is 0 Å². The van der Waals surface area contributed by atoms with Crippen LogP contribution in [0.5, 0.6) is 5.75 Å². The van der Waals surface area contributed by atoms with Crippen molar-refractivity contribution in [2.75, 3.05) is 37.7 Å². The molecular formula is C27H26BrN3O3. The number of rotatable bonds is 6. The first-order valence-electron chi connectivity index (χ1n) is 11.4. The van der Waals surface area contributed by atoms with E-state index >= 15 is 0 Å². The zero-order valence-electron chi connectivity index (χ0n) is 18.8. The number of hydrogen-bond acceptors (Lipinski definition) is 5. The Labute approximate surface area is 207 Å². The Morgan fingerprint density at radius 1 is 1.15 bits per heavy atom. The minimum atomic E-state index is -0.421. The summed E-state index contributed by atoms with van der Waals surface area (Å²) < 4.78 is 6.38. The number of carbonyl (C=O) groups is 1. The fraction of sp³-hybridized carbons (Fsp3) is 0.259. The first-order chi connectivity index (χ1) is 16.6. The monoisotopic (exact) mass is 519 g/mol. The van der Waals surface area contributed by atoms with Gasteiger partial charge in [0.05, 0.1) is 35.9 Å². The summed E-state index contributed by atoms with van der Waals surface area (Å²) >= 11 is 3.62. The molecule has 1 atom stereocenters. The van der Waals surface area contributed by atoms with E-state index in [-0.39, 0.29) is 11.7 Å². The van der Waals surface area contributed by atoms with E-state index in [4.69, 9.17) is 9.72 Å². The number of nitrogens with zero attached hydrogens (tertiary/aromatic N) is 3. The molecule has 0 bridgehead atoms. The summed E-state index contributed by atoms with van der Waals surface area (Å²) in [4.78, 5) is 22.8. The quantitative estimate of drug-likeness (QED) is 0.477. The van der Waals surface area contributed by atoms with Gasteiger partial charge >= 0.3 is 0 Å². The zero-order chi connectivity index (χ0) is 23.7. The second kappa shape index (κ2) is 9.60. The Balaban J connectivity index is 1.68. The number of fused-ring (bicyclic) bond motifs is 1. The molecule has 7 heteroatoms. The molecule has 2 aliphatic heterocycles. The summed E-state index contributed by atoms with van der Waals surface area (Å²) in [7, 11) is 0. The maximum atomic E-state index is 13.6. The predicted octanol–water partition coefficient (Wildman–Crippen LogP) is 4.71. The SMILES string of the molecule is C=CCN1C(=O)c2cc(N3CCOCC3)c(Cc3ccccc3)nc2C1c1cc(O)ccc1Br. The number of anilines is 1. The van der Waals surface area contributed by atoms with Crippen LogP contribution in [-0.4, -0.2) is 53.7 Å². The highest BCUT2D eigenvalue weighted by Gasteiger charge is 2.40. The number of halogens is 1. The molecule has 34 heavy (non-hydrogen) atoms. The van der Waals surface area contributed by atoms with Gasteiger partial charge in [-0.1, -0.05) is 52.3 Å². The molecule has 1 fully saturated rings. The van der Waals surface area contributed by atoms with Crippen molar-refractivity contribution in [2.45, 2.75) is 12.5 Å². The van der Waals surface area contributed by atoms with E-state index in [0.29, 0.717) is 37.4 Å².